The zero-order valence-corrected chi connectivity index (χ0v) is 16.3. The zero-order chi connectivity index (χ0) is 16.8. The highest BCUT2D eigenvalue weighted by molar-refractivity contribution is 8.00. The van der Waals surface area contributed by atoms with Gasteiger partial charge in [-0.2, -0.15) is 11.8 Å². The maximum Gasteiger partial charge on any atom is 0.248 e. The molecule has 0 aromatic rings. The molecule has 1 heterocycles. The van der Waals surface area contributed by atoms with E-state index in [1.54, 1.807) is 0 Å². The van der Waals surface area contributed by atoms with Gasteiger partial charge in [-0.1, -0.05) is 32.1 Å². The van der Waals surface area contributed by atoms with Crippen molar-refractivity contribution in [1.82, 2.24) is 4.90 Å². The number of amides is 1. The van der Waals surface area contributed by atoms with E-state index < -0.39 is 0 Å². The van der Waals surface area contributed by atoms with Crippen LogP contribution < -0.4 is 0 Å². The third-order valence-electron chi connectivity index (χ3n) is 5.80. The molecule has 2 saturated carbocycles. The summed E-state index contributed by atoms with van der Waals surface area (Å²) in [5, 5.41) is 0.714. The van der Waals surface area contributed by atoms with Gasteiger partial charge in [0, 0.05) is 17.8 Å². The molecule has 24 heavy (non-hydrogen) atoms. The van der Waals surface area contributed by atoms with Crippen molar-refractivity contribution in [2.24, 2.45) is 0 Å². The molecular formula is C19H32ClNO2S. The largest absolute Gasteiger partial charge is 0.367 e. The topological polar surface area (TPSA) is 29.5 Å². The summed E-state index contributed by atoms with van der Waals surface area (Å²) in [6.07, 6.45) is 13.2. The second-order valence-corrected chi connectivity index (χ2v) is 9.59. The van der Waals surface area contributed by atoms with Crippen LogP contribution in [0.1, 0.15) is 70.6 Å². The van der Waals surface area contributed by atoms with Gasteiger partial charge in [0.25, 0.3) is 0 Å². The zero-order valence-electron chi connectivity index (χ0n) is 14.8. The van der Waals surface area contributed by atoms with Crippen LogP contribution in [0, 0.1) is 0 Å². The summed E-state index contributed by atoms with van der Waals surface area (Å²) in [7, 11) is 0. The molecule has 0 aromatic carbocycles. The molecule has 5 heteroatoms. The fourth-order valence-corrected chi connectivity index (χ4v) is 5.97. The number of ether oxygens (including phenoxy) is 1. The number of alkyl halides is 1. The number of rotatable bonds is 6. The molecule has 0 bridgehead atoms. The molecule has 1 saturated heterocycles. The maximum atomic E-state index is 12.9. The molecule has 0 aromatic heterocycles. The first-order valence-corrected chi connectivity index (χ1v) is 11.4. The van der Waals surface area contributed by atoms with Gasteiger partial charge in [-0.25, -0.2) is 0 Å². The molecule has 0 N–H and O–H groups in total. The highest BCUT2D eigenvalue weighted by Crippen LogP contribution is 2.30. The van der Waals surface area contributed by atoms with Gasteiger partial charge >= 0.3 is 0 Å². The number of nitrogens with zero attached hydrogens (tertiary/aromatic N) is 1. The number of carbonyl (C=O) groups is 1. The van der Waals surface area contributed by atoms with Gasteiger partial charge < -0.3 is 9.64 Å². The Morgan fingerprint density at radius 1 is 1.00 bits per heavy atom. The third kappa shape index (κ3) is 5.28. The van der Waals surface area contributed by atoms with Crippen molar-refractivity contribution in [3.63, 3.8) is 0 Å². The van der Waals surface area contributed by atoms with E-state index in [2.05, 4.69) is 4.90 Å². The van der Waals surface area contributed by atoms with E-state index in [4.69, 9.17) is 16.3 Å². The van der Waals surface area contributed by atoms with Crippen molar-refractivity contribution in [2.75, 3.05) is 18.9 Å². The van der Waals surface area contributed by atoms with E-state index >= 15 is 0 Å². The third-order valence-corrected chi connectivity index (χ3v) is 7.68. The number of hydrogen-bond acceptors (Lipinski definition) is 3. The summed E-state index contributed by atoms with van der Waals surface area (Å²) in [6.45, 7) is 1.15. The first-order valence-electron chi connectivity index (χ1n) is 9.91. The summed E-state index contributed by atoms with van der Waals surface area (Å²) < 4.78 is 5.96. The van der Waals surface area contributed by atoms with Crippen molar-refractivity contribution in [2.45, 2.75) is 93.4 Å². The van der Waals surface area contributed by atoms with E-state index in [9.17, 15) is 4.79 Å². The number of carbonyl (C=O) groups excluding carboxylic acids is 1. The van der Waals surface area contributed by atoms with Gasteiger partial charge in [0.2, 0.25) is 5.91 Å². The summed E-state index contributed by atoms with van der Waals surface area (Å²) in [5.74, 6) is 1.45. The molecule has 3 fully saturated rings. The molecule has 3 rings (SSSR count). The Hall–Kier alpha value is 0.0700. The molecular weight excluding hydrogens is 342 g/mol. The van der Waals surface area contributed by atoms with Gasteiger partial charge in [0.05, 0.1) is 11.5 Å². The van der Waals surface area contributed by atoms with E-state index in [1.807, 2.05) is 11.8 Å². The minimum absolute atomic E-state index is 0.0680. The molecule has 3 unspecified atom stereocenters. The fraction of sp³-hybridized carbons (Fsp3) is 0.947. The average molecular weight is 374 g/mol. The Bertz CT molecular complexity index is 397. The Kier molecular flexibility index (Phi) is 7.60. The van der Waals surface area contributed by atoms with Crippen molar-refractivity contribution >= 4 is 29.3 Å². The minimum Gasteiger partial charge on any atom is -0.367 e. The van der Waals surface area contributed by atoms with Crippen molar-refractivity contribution < 1.29 is 9.53 Å². The highest BCUT2D eigenvalue weighted by Gasteiger charge is 2.31. The first kappa shape index (κ1) is 18.8. The Morgan fingerprint density at radius 2 is 1.75 bits per heavy atom. The smallest absolute Gasteiger partial charge is 0.248 e. The highest BCUT2D eigenvalue weighted by atomic mass is 35.5. The summed E-state index contributed by atoms with van der Waals surface area (Å²) in [5.41, 5.74) is 0. The molecule has 0 radical (unpaired) electrons. The van der Waals surface area contributed by atoms with Crippen LogP contribution in [-0.2, 0) is 9.53 Å². The number of halogens is 1. The maximum absolute atomic E-state index is 12.9. The van der Waals surface area contributed by atoms with E-state index in [0.717, 1.165) is 19.4 Å². The molecule has 3 atom stereocenters. The van der Waals surface area contributed by atoms with Crippen LogP contribution in [-0.4, -0.2) is 52.5 Å². The summed E-state index contributed by atoms with van der Waals surface area (Å²) in [6, 6.07) is 0.439. The van der Waals surface area contributed by atoms with Crippen LogP contribution in [0.5, 0.6) is 0 Å². The van der Waals surface area contributed by atoms with Crippen LogP contribution in [0.25, 0.3) is 0 Å². The monoisotopic (exact) mass is 373 g/mol. The predicted molar refractivity (Wildman–Crippen MR) is 102 cm³/mol. The number of thioether (sulfide) groups is 1. The molecule has 138 valence electrons. The number of hydrogen-bond donors (Lipinski definition) is 0. The fourth-order valence-electron chi connectivity index (χ4n) is 4.36. The van der Waals surface area contributed by atoms with Crippen LogP contribution in [0.4, 0.5) is 0 Å². The molecule has 1 amide bonds. The van der Waals surface area contributed by atoms with Crippen LogP contribution >= 0.6 is 23.4 Å². The lowest BCUT2D eigenvalue weighted by molar-refractivity contribution is -0.141. The molecule has 0 spiro atoms. The SMILES string of the molecule is O=C(COC1CCCCC1Cl)N(CC1CCCS1)C1CCCCC1. The summed E-state index contributed by atoms with van der Waals surface area (Å²) >= 11 is 8.42. The molecule has 2 aliphatic carbocycles. The van der Waals surface area contributed by atoms with E-state index in [1.165, 1.54) is 63.5 Å². The summed E-state index contributed by atoms with van der Waals surface area (Å²) in [4.78, 5) is 15.1. The van der Waals surface area contributed by atoms with Crippen molar-refractivity contribution in [3.05, 3.63) is 0 Å². The van der Waals surface area contributed by atoms with Gasteiger partial charge in [-0.3, -0.25) is 4.79 Å². The van der Waals surface area contributed by atoms with Crippen LogP contribution in [0.15, 0.2) is 0 Å². The second-order valence-electron chi connectivity index (χ2n) is 7.62. The van der Waals surface area contributed by atoms with Crippen molar-refractivity contribution in [3.8, 4) is 0 Å². The minimum atomic E-state index is 0.0680. The molecule has 3 aliphatic rings. The lowest BCUT2D eigenvalue weighted by Gasteiger charge is -2.36. The lowest BCUT2D eigenvalue weighted by Crippen LogP contribution is -2.47. The van der Waals surface area contributed by atoms with E-state index in [-0.39, 0.29) is 24.0 Å². The Labute approximate surface area is 156 Å². The van der Waals surface area contributed by atoms with Gasteiger partial charge in [0.1, 0.15) is 6.61 Å². The Balaban J connectivity index is 1.54. The van der Waals surface area contributed by atoms with Crippen LogP contribution in [0.3, 0.4) is 0 Å². The Morgan fingerprint density at radius 3 is 2.46 bits per heavy atom. The quantitative estimate of drug-likeness (QED) is 0.636. The lowest BCUT2D eigenvalue weighted by atomic mass is 9.94. The van der Waals surface area contributed by atoms with Gasteiger partial charge in [0.15, 0.2) is 0 Å². The van der Waals surface area contributed by atoms with Gasteiger partial charge in [-0.15, -0.1) is 11.6 Å². The molecule has 1 aliphatic heterocycles. The second kappa shape index (κ2) is 9.68. The normalized spacial score (nSPS) is 32.0. The molecule has 3 nitrogen and oxygen atoms in total. The standard InChI is InChI=1S/C19H32ClNO2S/c20-17-10-4-5-11-18(17)23-14-19(22)21(13-16-9-6-12-24-16)15-7-2-1-3-8-15/h15-18H,1-14H2. The average Bonchev–Trinajstić information content (AvgIpc) is 3.13. The van der Waals surface area contributed by atoms with E-state index in [0.29, 0.717) is 11.3 Å². The predicted octanol–water partition coefficient (Wildman–Crippen LogP) is 4.61. The first-order chi connectivity index (χ1) is 11.7. The van der Waals surface area contributed by atoms with Gasteiger partial charge in [-0.05, 0) is 44.3 Å². The van der Waals surface area contributed by atoms with Crippen LogP contribution in [0.2, 0.25) is 0 Å². The van der Waals surface area contributed by atoms with Crippen molar-refractivity contribution in [1.29, 1.82) is 0 Å².